The molecule has 0 aromatic carbocycles. The van der Waals surface area contributed by atoms with Crippen molar-refractivity contribution in [3.63, 3.8) is 0 Å². The van der Waals surface area contributed by atoms with E-state index in [4.69, 9.17) is 0 Å². The van der Waals surface area contributed by atoms with Crippen molar-refractivity contribution >= 4 is 22.6 Å². The lowest BCUT2D eigenvalue weighted by molar-refractivity contribution is -0.0548. The Kier molecular flexibility index (Phi) is 6.83. The minimum Gasteiger partial charge on any atom is -0.393 e. The van der Waals surface area contributed by atoms with Crippen LogP contribution in [0.15, 0.2) is 11.6 Å². The van der Waals surface area contributed by atoms with Crippen molar-refractivity contribution in [1.29, 1.82) is 0 Å². The fraction of sp³-hybridized carbons (Fsp3) is 0.926. The standard InChI is InChI=1S/C27H45IO/c1-18(2)6-5-7-19(3)23-10-11-24-22-9-8-20-16-21(29)12-15-27(20,17-28)25(22)13-14-26(23,24)4/h8,18-19,21-25,29H,5-7,9-17H2,1-4H3/t19-,21+,22-,23-,24-,25+,26-,27-/m1/s1. The molecule has 0 amide bonds. The molecule has 3 saturated carbocycles. The van der Waals surface area contributed by atoms with Crippen LogP contribution in [0.4, 0.5) is 0 Å². The number of allylic oxidation sites excluding steroid dienone is 1. The van der Waals surface area contributed by atoms with E-state index in [-0.39, 0.29) is 6.10 Å². The predicted molar refractivity (Wildman–Crippen MR) is 132 cm³/mol. The topological polar surface area (TPSA) is 20.2 Å². The molecule has 0 unspecified atom stereocenters. The largest absolute Gasteiger partial charge is 0.393 e. The molecule has 0 aliphatic heterocycles. The lowest BCUT2D eigenvalue weighted by Gasteiger charge is -2.59. The first kappa shape index (κ1) is 22.6. The van der Waals surface area contributed by atoms with E-state index < -0.39 is 0 Å². The van der Waals surface area contributed by atoms with Crippen LogP contribution in [-0.4, -0.2) is 15.6 Å². The van der Waals surface area contributed by atoms with Gasteiger partial charge in [0.2, 0.25) is 0 Å². The molecule has 0 radical (unpaired) electrons. The highest BCUT2D eigenvalue weighted by atomic mass is 127. The minimum atomic E-state index is -0.0784. The third kappa shape index (κ3) is 3.89. The van der Waals surface area contributed by atoms with Gasteiger partial charge in [0, 0.05) is 9.84 Å². The number of hydrogen-bond donors (Lipinski definition) is 1. The van der Waals surface area contributed by atoms with Crippen LogP contribution in [-0.2, 0) is 0 Å². The van der Waals surface area contributed by atoms with E-state index in [2.05, 4.69) is 56.4 Å². The van der Waals surface area contributed by atoms with Gasteiger partial charge in [-0.15, -0.1) is 0 Å². The van der Waals surface area contributed by atoms with E-state index in [0.29, 0.717) is 10.8 Å². The second kappa shape index (κ2) is 8.75. The van der Waals surface area contributed by atoms with Gasteiger partial charge in [0.05, 0.1) is 6.10 Å². The second-order valence-corrected chi connectivity index (χ2v) is 12.8. The van der Waals surface area contributed by atoms with Crippen molar-refractivity contribution in [2.45, 2.75) is 104 Å². The monoisotopic (exact) mass is 512 g/mol. The number of fused-ring (bicyclic) bond motifs is 5. The van der Waals surface area contributed by atoms with Gasteiger partial charge in [-0.05, 0) is 92.3 Å². The lowest BCUT2D eigenvalue weighted by Crippen LogP contribution is -2.52. The summed E-state index contributed by atoms with van der Waals surface area (Å²) in [5, 5.41) is 10.3. The SMILES string of the molecule is CC(C)CCC[C@@H](C)[C@H]1CC[C@@H]2[C@H]3CC=C4C[C@@H](O)CC[C@]4(CI)[C@H]3CC[C@@]21C. The summed E-state index contributed by atoms with van der Waals surface area (Å²) in [6, 6.07) is 0. The van der Waals surface area contributed by atoms with Gasteiger partial charge in [0.1, 0.15) is 0 Å². The Morgan fingerprint density at radius 2 is 1.86 bits per heavy atom. The average molecular weight is 513 g/mol. The van der Waals surface area contributed by atoms with Crippen LogP contribution in [0.2, 0.25) is 0 Å². The first-order valence-corrected chi connectivity index (χ1v) is 14.3. The van der Waals surface area contributed by atoms with Crippen LogP contribution < -0.4 is 0 Å². The smallest absolute Gasteiger partial charge is 0.0577 e. The maximum absolute atomic E-state index is 10.3. The molecular formula is C27H45IO. The van der Waals surface area contributed by atoms with Crippen LogP contribution in [0.5, 0.6) is 0 Å². The Hall–Kier alpha value is 0.430. The number of hydrogen-bond acceptors (Lipinski definition) is 1. The summed E-state index contributed by atoms with van der Waals surface area (Å²) < 4.78 is 1.27. The summed E-state index contributed by atoms with van der Waals surface area (Å²) in [7, 11) is 0. The van der Waals surface area contributed by atoms with Crippen molar-refractivity contribution in [2.24, 2.45) is 46.3 Å². The minimum absolute atomic E-state index is 0.0784. The first-order valence-electron chi connectivity index (χ1n) is 12.8. The maximum atomic E-state index is 10.3. The number of halogens is 1. The molecule has 0 aromatic rings. The summed E-state index contributed by atoms with van der Waals surface area (Å²) in [5.74, 6) is 5.46. The third-order valence-electron chi connectivity index (χ3n) is 10.2. The normalized spacial score (nSPS) is 45.3. The van der Waals surface area contributed by atoms with E-state index in [0.717, 1.165) is 48.3 Å². The Bertz CT molecular complexity index is 612. The lowest BCUT2D eigenvalue weighted by atomic mass is 9.47. The number of alkyl halides is 1. The van der Waals surface area contributed by atoms with Gasteiger partial charge in [-0.2, -0.15) is 0 Å². The first-order chi connectivity index (χ1) is 13.8. The zero-order valence-electron chi connectivity index (χ0n) is 19.4. The molecule has 0 heterocycles. The van der Waals surface area contributed by atoms with Gasteiger partial charge in [0.15, 0.2) is 0 Å². The Morgan fingerprint density at radius 1 is 1.07 bits per heavy atom. The van der Waals surface area contributed by atoms with Crippen LogP contribution in [0, 0.1) is 46.3 Å². The summed E-state index contributed by atoms with van der Waals surface area (Å²) in [6.07, 6.45) is 17.2. The number of aliphatic hydroxyl groups excluding tert-OH is 1. The summed E-state index contributed by atoms with van der Waals surface area (Å²) >= 11 is 2.68. The van der Waals surface area contributed by atoms with E-state index in [1.165, 1.54) is 62.2 Å². The molecule has 1 nitrogen and oxygen atoms in total. The predicted octanol–water partition coefficient (Wildman–Crippen LogP) is 7.80. The fourth-order valence-electron chi connectivity index (χ4n) is 8.71. The number of rotatable bonds is 6. The third-order valence-corrected chi connectivity index (χ3v) is 11.6. The fourth-order valence-corrected chi connectivity index (χ4v) is 10.1. The van der Waals surface area contributed by atoms with Crippen molar-refractivity contribution in [3.05, 3.63) is 11.6 Å². The van der Waals surface area contributed by atoms with Crippen LogP contribution >= 0.6 is 22.6 Å². The molecular weight excluding hydrogens is 467 g/mol. The van der Waals surface area contributed by atoms with Gasteiger partial charge >= 0.3 is 0 Å². The molecule has 4 rings (SSSR count). The van der Waals surface area contributed by atoms with Gasteiger partial charge in [-0.1, -0.05) is 81.2 Å². The van der Waals surface area contributed by atoms with Gasteiger partial charge < -0.3 is 5.11 Å². The molecule has 2 heteroatoms. The van der Waals surface area contributed by atoms with Crippen LogP contribution in [0.1, 0.15) is 98.3 Å². The molecule has 0 bridgehead atoms. The molecule has 4 aliphatic carbocycles. The summed E-state index contributed by atoms with van der Waals surface area (Å²) in [6.45, 7) is 10.0. The van der Waals surface area contributed by atoms with Crippen LogP contribution in [0.3, 0.4) is 0 Å². The highest BCUT2D eigenvalue weighted by Crippen LogP contribution is 2.67. The zero-order valence-corrected chi connectivity index (χ0v) is 21.6. The summed E-state index contributed by atoms with van der Waals surface area (Å²) in [4.78, 5) is 0. The molecule has 3 fully saturated rings. The van der Waals surface area contributed by atoms with E-state index >= 15 is 0 Å². The van der Waals surface area contributed by atoms with E-state index in [1.807, 2.05) is 0 Å². The molecule has 29 heavy (non-hydrogen) atoms. The van der Waals surface area contributed by atoms with E-state index in [9.17, 15) is 5.11 Å². The molecule has 1 N–H and O–H groups in total. The van der Waals surface area contributed by atoms with Gasteiger partial charge in [-0.3, -0.25) is 0 Å². The second-order valence-electron chi connectivity index (χ2n) is 12.1. The molecule has 0 saturated heterocycles. The molecule has 166 valence electrons. The van der Waals surface area contributed by atoms with E-state index in [1.54, 1.807) is 5.57 Å². The molecule has 0 aromatic heterocycles. The molecule has 8 atom stereocenters. The average Bonchev–Trinajstić information content (AvgIpc) is 3.04. The maximum Gasteiger partial charge on any atom is 0.0577 e. The quantitative estimate of drug-likeness (QED) is 0.219. The highest BCUT2D eigenvalue weighted by molar-refractivity contribution is 14.1. The highest BCUT2D eigenvalue weighted by Gasteiger charge is 2.59. The molecule has 4 aliphatic rings. The van der Waals surface area contributed by atoms with Crippen molar-refractivity contribution in [3.8, 4) is 0 Å². The number of aliphatic hydroxyl groups is 1. The Balaban J connectivity index is 1.51. The zero-order chi connectivity index (χ0) is 20.8. The molecule has 0 spiro atoms. The van der Waals surface area contributed by atoms with Gasteiger partial charge in [0.25, 0.3) is 0 Å². The van der Waals surface area contributed by atoms with Crippen molar-refractivity contribution < 1.29 is 5.11 Å². The van der Waals surface area contributed by atoms with Crippen molar-refractivity contribution in [2.75, 3.05) is 4.43 Å². The summed E-state index contributed by atoms with van der Waals surface area (Å²) in [5.41, 5.74) is 2.65. The Labute approximate surface area is 194 Å². The van der Waals surface area contributed by atoms with Gasteiger partial charge in [-0.25, -0.2) is 0 Å². The van der Waals surface area contributed by atoms with Crippen molar-refractivity contribution in [1.82, 2.24) is 0 Å². The van der Waals surface area contributed by atoms with Crippen LogP contribution in [0.25, 0.3) is 0 Å². The Morgan fingerprint density at radius 3 is 2.59 bits per heavy atom.